The molecule has 0 spiro atoms. The molecule has 10 heteroatoms. The maximum Gasteiger partial charge on any atom is 0.333 e. The molecule has 1 aromatic carbocycles. The van der Waals surface area contributed by atoms with Crippen LogP contribution in [0.4, 0.5) is 0 Å². The highest BCUT2D eigenvalue weighted by Crippen LogP contribution is 2.28. The first-order valence-electron chi connectivity index (χ1n) is 13.9. The molecule has 2 aliphatic rings. The van der Waals surface area contributed by atoms with Crippen molar-refractivity contribution in [2.24, 2.45) is 11.8 Å². The van der Waals surface area contributed by atoms with Crippen LogP contribution in [0.2, 0.25) is 5.02 Å². The van der Waals surface area contributed by atoms with E-state index in [1.54, 1.807) is 23.0 Å². The highest BCUT2D eigenvalue weighted by Gasteiger charge is 2.26. The van der Waals surface area contributed by atoms with Crippen LogP contribution in [-0.4, -0.2) is 50.7 Å². The minimum absolute atomic E-state index is 0.0726. The van der Waals surface area contributed by atoms with Crippen LogP contribution < -0.4 is 21.1 Å². The number of carbonyl (C=O) groups is 1. The van der Waals surface area contributed by atoms with Crippen molar-refractivity contribution >= 4 is 28.5 Å². The number of fused-ring (bicyclic) bond motifs is 1. The molecular formula is C30H33ClN6O3. The molecule has 1 saturated heterocycles. The second kappa shape index (κ2) is 11.4. The minimum atomic E-state index is -0.139. The van der Waals surface area contributed by atoms with E-state index < -0.39 is 0 Å². The molecule has 1 amide bonds. The Kier molecular flexibility index (Phi) is 7.58. The molecule has 0 bridgehead atoms. The Morgan fingerprint density at radius 1 is 1.05 bits per heavy atom. The number of benzene rings is 1. The highest BCUT2D eigenvalue weighted by atomic mass is 35.5. The number of nitrogens with zero attached hydrogens (tertiary/aromatic N) is 4. The summed E-state index contributed by atoms with van der Waals surface area (Å²) in [6.07, 6.45) is 6.82. The number of ether oxygens (including phenoxy) is 1. The van der Waals surface area contributed by atoms with Gasteiger partial charge in [-0.25, -0.2) is 9.78 Å². The van der Waals surface area contributed by atoms with E-state index in [4.69, 9.17) is 16.3 Å². The molecule has 40 heavy (non-hydrogen) atoms. The van der Waals surface area contributed by atoms with Gasteiger partial charge < -0.3 is 15.4 Å². The smallest absolute Gasteiger partial charge is 0.333 e. The van der Waals surface area contributed by atoms with E-state index in [9.17, 15) is 9.59 Å². The lowest BCUT2D eigenvalue weighted by molar-refractivity contribution is 0.0919. The zero-order chi connectivity index (χ0) is 27.6. The van der Waals surface area contributed by atoms with Gasteiger partial charge in [0.15, 0.2) is 0 Å². The first-order chi connectivity index (χ1) is 19.5. The van der Waals surface area contributed by atoms with Crippen LogP contribution in [0.3, 0.4) is 0 Å². The van der Waals surface area contributed by atoms with Gasteiger partial charge in [0.25, 0.3) is 5.91 Å². The number of hydrogen-bond acceptors (Lipinski definition) is 6. The summed E-state index contributed by atoms with van der Waals surface area (Å²) in [6.45, 7) is 5.03. The lowest BCUT2D eigenvalue weighted by Crippen LogP contribution is -2.45. The third-order valence-corrected chi connectivity index (χ3v) is 8.28. The van der Waals surface area contributed by atoms with Crippen molar-refractivity contribution in [2.75, 3.05) is 19.7 Å². The summed E-state index contributed by atoms with van der Waals surface area (Å²) < 4.78 is 9.43. The molecule has 4 aromatic rings. The summed E-state index contributed by atoms with van der Waals surface area (Å²) in [5.74, 6) is 1.30. The summed E-state index contributed by atoms with van der Waals surface area (Å²) in [6, 6.07) is 13.4. The number of imidazole rings is 1. The Labute approximate surface area is 237 Å². The normalized spacial score (nSPS) is 19.4. The van der Waals surface area contributed by atoms with Gasteiger partial charge in [0.2, 0.25) is 5.88 Å². The molecule has 1 saturated carbocycles. The molecule has 0 atom stereocenters. The maximum absolute atomic E-state index is 13.7. The number of aromatic nitrogens is 4. The van der Waals surface area contributed by atoms with Gasteiger partial charge in [0, 0.05) is 43.9 Å². The monoisotopic (exact) mass is 560 g/mol. The number of para-hydroxylation sites is 2. The predicted octanol–water partition coefficient (Wildman–Crippen LogP) is 4.13. The minimum Gasteiger partial charge on any atom is -0.477 e. The molecule has 9 nitrogen and oxygen atoms in total. The van der Waals surface area contributed by atoms with Crippen LogP contribution in [-0.2, 0) is 6.54 Å². The van der Waals surface area contributed by atoms with Gasteiger partial charge in [-0.1, -0.05) is 23.7 Å². The summed E-state index contributed by atoms with van der Waals surface area (Å²) in [4.78, 5) is 35.2. The lowest BCUT2D eigenvalue weighted by atomic mass is 9.85. The molecule has 3 aromatic heterocycles. The number of rotatable bonds is 8. The fourth-order valence-corrected chi connectivity index (χ4v) is 5.80. The number of carbonyl (C=O) groups excluding carboxylic acids is 1. The van der Waals surface area contributed by atoms with E-state index in [1.165, 1.54) is 0 Å². The lowest BCUT2D eigenvalue weighted by Gasteiger charge is -2.29. The quantitative estimate of drug-likeness (QED) is 0.336. The average molecular weight is 561 g/mol. The molecule has 0 unspecified atom stereocenters. The molecule has 0 radical (unpaired) electrons. The van der Waals surface area contributed by atoms with Crippen molar-refractivity contribution in [1.82, 2.24) is 29.7 Å². The fourth-order valence-electron chi connectivity index (χ4n) is 5.64. The Balaban J connectivity index is 1.13. The molecule has 4 heterocycles. The maximum atomic E-state index is 13.7. The number of hydrogen-bond donors (Lipinski definition) is 2. The molecule has 6 rings (SSSR count). The van der Waals surface area contributed by atoms with E-state index in [-0.39, 0.29) is 17.6 Å². The van der Waals surface area contributed by atoms with Gasteiger partial charge in [0.1, 0.15) is 0 Å². The Morgan fingerprint density at radius 3 is 2.52 bits per heavy atom. The number of halogens is 1. The topological polar surface area (TPSA) is 103 Å². The van der Waals surface area contributed by atoms with Crippen LogP contribution in [0.5, 0.6) is 5.88 Å². The second-order valence-electron chi connectivity index (χ2n) is 10.9. The average Bonchev–Trinajstić information content (AvgIpc) is 3.21. The Hall–Kier alpha value is -3.69. The van der Waals surface area contributed by atoms with Crippen LogP contribution in [0.15, 0.2) is 59.7 Å². The van der Waals surface area contributed by atoms with Crippen LogP contribution in [0, 0.1) is 18.8 Å². The molecule has 208 valence electrons. The van der Waals surface area contributed by atoms with Gasteiger partial charge >= 0.3 is 5.69 Å². The van der Waals surface area contributed by atoms with Crippen molar-refractivity contribution < 1.29 is 9.53 Å². The van der Waals surface area contributed by atoms with Crippen molar-refractivity contribution in [3.05, 3.63) is 81.6 Å². The van der Waals surface area contributed by atoms with Crippen molar-refractivity contribution in [3.63, 3.8) is 0 Å². The molecular weight excluding hydrogens is 528 g/mol. The fraction of sp³-hybridized carbons (Fsp3) is 0.400. The van der Waals surface area contributed by atoms with E-state index in [0.29, 0.717) is 47.1 Å². The summed E-state index contributed by atoms with van der Waals surface area (Å²) in [7, 11) is 0. The SMILES string of the molecule is Cc1ncc(Cl)cc1C(=O)N[C@H]1CC[C@H](Cn2c(=O)n(-c3ccc(OCC4CNC4)nc3)c3ccccc32)CC1. The zero-order valence-electron chi connectivity index (χ0n) is 22.5. The number of pyridine rings is 2. The summed E-state index contributed by atoms with van der Waals surface area (Å²) in [5.41, 5.74) is 3.58. The standard InChI is InChI=1S/C30H33ClN6O3/c1-19-25(12-22(31)15-33-19)29(38)35-23-8-6-20(7-9-23)17-36-26-4-2-3-5-27(26)37(30(36)39)24-10-11-28(34-16-24)40-18-21-13-32-14-21/h2-5,10-12,15-16,20-21,23,32H,6-9,13-14,17-18H2,1H3,(H,35,38)/t20-,23-. The largest absolute Gasteiger partial charge is 0.477 e. The van der Waals surface area contributed by atoms with Crippen molar-refractivity contribution in [2.45, 2.75) is 45.2 Å². The molecule has 1 aliphatic heterocycles. The summed E-state index contributed by atoms with van der Waals surface area (Å²) in [5, 5.41) is 6.84. The van der Waals surface area contributed by atoms with E-state index in [0.717, 1.165) is 55.5 Å². The first kappa shape index (κ1) is 26.5. The number of aryl methyl sites for hydroxylation is 1. The highest BCUT2D eigenvalue weighted by molar-refractivity contribution is 6.30. The van der Waals surface area contributed by atoms with Gasteiger partial charge in [0.05, 0.1) is 45.8 Å². The molecule has 1 aliphatic carbocycles. The van der Waals surface area contributed by atoms with Crippen LogP contribution in [0.1, 0.15) is 41.7 Å². The molecule has 2 N–H and O–H groups in total. The molecule has 2 fully saturated rings. The third kappa shape index (κ3) is 5.48. The van der Waals surface area contributed by atoms with Crippen molar-refractivity contribution in [1.29, 1.82) is 0 Å². The van der Waals surface area contributed by atoms with Crippen LogP contribution >= 0.6 is 11.6 Å². The van der Waals surface area contributed by atoms with Gasteiger partial charge in [-0.2, -0.15) is 0 Å². The zero-order valence-corrected chi connectivity index (χ0v) is 23.2. The summed E-state index contributed by atoms with van der Waals surface area (Å²) >= 11 is 6.05. The number of amides is 1. The third-order valence-electron chi connectivity index (χ3n) is 8.07. The van der Waals surface area contributed by atoms with E-state index in [1.807, 2.05) is 47.9 Å². The Morgan fingerprint density at radius 2 is 1.82 bits per heavy atom. The predicted molar refractivity (Wildman–Crippen MR) is 154 cm³/mol. The van der Waals surface area contributed by atoms with E-state index >= 15 is 0 Å². The first-order valence-corrected chi connectivity index (χ1v) is 14.3. The van der Waals surface area contributed by atoms with Gasteiger partial charge in [-0.3, -0.25) is 18.9 Å². The van der Waals surface area contributed by atoms with Gasteiger partial charge in [-0.05, 0) is 62.8 Å². The van der Waals surface area contributed by atoms with E-state index in [2.05, 4.69) is 20.6 Å². The van der Waals surface area contributed by atoms with Crippen LogP contribution in [0.25, 0.3) is 16.7 Å². The Bertz CT molecular complexity index is 1570. The second-order valence-corrected chi connectivity index (χ2v) is 11.3. The van der Waals surface area contributed by atoms with Gasteiger partial charge in [-0.15, -0.1) is 0 Å². The van der Waals surface area contributed by atoms with Crippen molar-refractivity contribution in [3.8, 4) is 11.6 Å². The number of nitrogens with one attached hydrogen (secondary N) is 2.